The predicted octanol–water partition coefficient (Wildman–Crippen LogP) is 4.57. The van der Waals surface area contributed by atoms with Crippen LogP contribution in [0, 0.1) is 0 Å². The van der Waals surface area contributed by atoms with Crippen molar-refractivity contribution in [3.63, 3.8) is 0 Å². The second kappa shape index (κ2) is 6.37. The van der Waals surface area contributed by atoms with Crippen molar-refractivity contribution in [1.82, 2.24) is 0 Å². The van der Waals surface area contributed by atoms with Gasteiger partial charge in [0, 0.05) is 16.1 Å². The summed E-state index contributed by atoms with van der Waals surface area (Å²) in [5.74, 6) is 0. The lowest BCUT2D eigenvalue weighted by Gasteiger charge is -2.13. The van der Waals surface area contributed by atoms with E-state index in [0.717, 1.165) is 18.4 Å². The standard InChI is InChI=1S/C12H17Cl2N/c1-2-3-4-5-12(15)10-8-9(13)6-7-11(10)14/h6-8,12H,2-5,15H2,1H3. The van der Waals surface area contributed by atoms with Crippen LogP contribution >= 0.6 is 23.2 Å². The summed E-state index contributed by atoms with van der Waals surface area (Å²) in [5.41, 5.74) is 7.02. The van der Waals surface area contributed by atoms with E-state index in [1.807, 2.05) is 6.07 Å². The second-order valence-corrected chi connectivity index (χ2v) is 4.61. The van der Waals surface area contributed by atoms with Crippen LogP contribution in [0.25, 0.3) is 0 Å². The molecule has 0 saturated heterocycles. The zero-order chi connectivity index (χ0) is 11.3. The highest BCUT2D eigenvalue weighted by molar-refractivity contribution is 6.33. The first kappa shape index (κ1) is 12.8. The first-order valence-corrected chi connectivity index (χ1v) is 6.11. The molecular formula is C12H17Cl2N. The summed E-state index contributed by atoms with van der Waals surface area (Å²) >= 11 is 12.0. The van der Waals surface area contributed by atoms with E-state index < -0.39 is 0 Å². The predicted molar refractivity (Wildman–Crippen MR) is 67.5 cm³/mol. The van der Waals surface area contributed by atoms with Gasteiger partial charge in [-0.2, -0.15) is 0 Å². The van der Waals surface area contributed by atoms with Gasteiger partial charge in [-0.25, -0.2) is 0 Å². The van der Waals surface area contributed by atoms with Gasteiger partial charge in [0.25, 0.3) is 0 Å². The van der Waals surface area contributed by atoms with Crippen LogP contribution < -0.4 is 5.73 Å². The topological polar surface area (TPSA) is 26.0 Å². The number of unbranched alkanes of at least 4 members (excludes halogenated alkanes) is 2. The van der Waals surface area contributed by atoms with Gasteiger partial charge in [-0.15, -0.1) is 0 Å². The monoisotopic (exact) mass is 245 g/mol. The zero-order valence-corrected chi connectivity index (χ0v) is 10.5. The third-order valence-corrected chi connectivity index (χ3v) is 3.06. The number of halogens is 2. The molecule has 0 aliphatic rings. The van der Waals surface area contributed by atoms with Crippen LogP contribution in [0.1, 0.15) is 44.2 Å². The Morgan fingerprint density at radius 1 is 1.27 bits per heavy atom. The van der Waals surface area contributed by atoms with E-state index in [4.69, 9.17) is 28.9 Å². The minimum Gasteiger partial charge on any atom is -0.324 e. The fourth-order valence-electron chi connectivity index (χ4n) is 1.57. The molecule has 0 aliphatic carbocycles. The van der Waals surface area contributed by atoms with E-state index in [-0.39, 0.29) is 6.04 Å². The van der Waals surface area contributed by atoms with Gasteiger partial charge in [0.05, 0.1) is 0 Å². The Morgan fingerprint density at radius 3 is 2.67 bits per heavy atom. The lowest BCUT2D eigenvalue weighted by atomic mass is 10.0. The molecule has 0 amide bonds. The van der Waals surface area contributed by atoms with Crippen LogP contribution in [0.5, 0.6) is 0 Å². The molecule has 0 spiro atoms. The summed E-state index contributed by atoms with van der Waals surface area (Å²) in [7, 11) is 0. The van der Waals surface area contributed by atoms with Crippen molar-refractivity contribution in [1.29, 1.82) is 0 Å². The van der Waals surface area contributed by atoms with E-state index in [1.54, 1.807) is 12.1 Å². The number of benzene rings is 1. The number of hydrogen-bond acceptors (Lipinski definition) is 1. The molecule has 0 fully saturated rings. The molecule has 1 aromatic rings. The van der Waals surface area contributed by atoms with Gasteiger partial charge in [0.1, 0.15) is 0 Å². The van der Waals surface area contributed by atoms with Crippen LogP contribution in [-0.4, -0.2) is 0 Å². The molecular weight excluding hydrogens is 229 g/mol. The average molecular weight is 246 g/mol. The summed E-state index contributed by atoms with van der Waals surface area (Å²) < 4.78 is 0. The van der Waals surface area contributed by atoms with Crippen LogP contribution in [-0.2, 0) is 0 Å². The van der Waals surface area contributed by atoms with Crippen molar-refractivity contribution < 1.29 is 0 Å². The van der Waals surface area contributed by atoms with Gasteiger partial charge in [-0.3, -0.25) is 0 Å². The van der Waals surface area contributed by atoms with Crippen molar-refractivity contribution in [3.05, 3.63) is 33.8 Å². The first-order chi connectivity index (χ1) is 7.15. The molecule has 3 heteroatoms. The molecule has 1 nitrogen and oxygen atoms in total. The third kappa shape index (κ3) is 4.02. The highest BCUT2D eigenvalue weighted by Gasteiger charge is 2.10. The molecule has 1 unspecified atom stereocenters. The van der Waals surface area contributed by atoms with Gasteiger partial charge in [-0.1, -0.05) is 49.4 Å². The lowest BCUT2D eigenvalue weighted by Crippen LogP contribution is -2.10. The Hall–Kier alpha value is -0.240. The fourth-order valence-corrected chi connectivity index (χ4v) is 2.01. The van der Waals surface area contributed by atoms with Crippen LogP contribution in [0.2, 0.25) is 10.0 Å². The normalized spacial score (nSPS) is 12.8. The van der Waals surface area contributed by atoms with Crippen molar-refractivity contribution >= 4 is 23.2 Å². The van der Waals surface area contributed by atoms with E-state index in [0.29, 0.717) is 10.0 Å². The molecule has 2 N–H and O–H groups in total. The van der Waals surface area contributed by atoms with Gasteiger partial charge in [0.2, 0.25) is 0 Å². The smallest absolute Gasteiger partial charge is 0.0454 e. The number of rotatable bonds is 5. The fraction of sp³-hybridized carbons (Fsp3) is 0.500. The summed E-state index contributed by atoms with van der Waals surface area (Å²) in [5, 5.41) is 1.41. The molecule has 0 heterocycles. The molecule has 0 radical (unpaired) electrons. The van der Waals surface area contributed by atoms with Crippen LogP contribution in [0.3, 0.4) is 0 Å². The largest absolute Gasteiger partial charge is 0.324 e. The second-order valence-electron chi connectivity index (χ2n) is 3.77. The maximum absolute atomic E-state index is 6.07. The van der Waals surface area contributed by atoms with Crippen molar-refractivity contribution in [2.75, 3.05) is 0 Å². The maximum Gasteiger partial charge on any atom is 0.0454 e. The molecule has 0 aromatic heterocycles. The highest BCUT2D eigenvalue weighted by Crippen LogP contribution is 2.27. The Labute approximate surface area is 102 Å². The SMILES string of the molecule is CCCCCC(N)c1cc(Cl)ccc1Cl. The Bertz CT molecular complexity index is 312. The zero-order valence-electron chi connectivity index (χ0n) is 8.97. The highest BCUT2D eigenvalue weighted by atomic mass is 35.5. The lowest BCUT2D eigenvalue weighted by molar-refractivity contribution is 0.581. The summed E-state index contributed by atoms with van der Waals surface area (Å²) in [4.78, 5) is 0. The average Bonchev–Trinajstić information content (AvgIpc) is 2.22. The Morgan fingerprint density at radius 2 is 2.00 bits per heavy atom. The molecule has 1 aromatic carbocycles. The molecule has 0 bridgehead atoms. The molecule has 0 saturated carbocycles. The molecule has 0 aliphatic heterocycles. The molecule has 84 valence electrons. The first-order valence-electron chi connectivity index (χ1n) is 5.35. The van der Waals surface area contributed by atoms with Crippen molar-refractivity contribution in [3.8, 4) is 0 Å². The van der Waals surface area contributed by atoms with Gasteiger partial charge >= 0.3 is 0 Å². The number of nitrogens with two attached hydrogens (primary N) is 1. The summed E-state index contributed by atoms with van der Waals surface area (Å²) in [6, 6.07) is 5.45. The molecule has 1 rings (SSSR count). The Kier molecular flexibility index (Phi) is 5.44. The van der Waals surface area contributed by atoms with Crippen molar-refractivity contribution in [2.45, 2.75) is 38.6 Å². The van der Waals surface area contributed by atoms with Gasteiger partial charge in [-0.05, 0) is 30.2 Å². The van der Waals surface area contributed by atoms with Crippen molar-refractivity contribution in [2.24, 2.45) is 5.73 Å². The number of hydrogen-bond donors (Lipinski definition) is 1. The third-order valence-electron chi connectivity index (χ3n) is 2.48. The van der Waals surface area contributed by atoms with Gasteiger partial charge in [0.15, 0.2) is 0 Å². The van der Waals surface area contributed by atoms with Crippen LogP contribution in [0.4, 0.5) is 0 Å². The van der Waals surface area contributed by atoms with E-state index >= 15 is 0 Å². The quantitative estimate of drug-likeness (QED) is 0.756. The van der Waals surface area contributed by atoms with Gasteiger partial charge < -0.3 is 5.73 Å². The summed E-state index contributed by atoms with van der Waals surface area (Å²) in [6.45, 7) is 2.18. The molecule has 15 heavy (non-hydrogen) atoms. The minimum atomic E-state index is 0.00255. The molecule has 1 atom stereocenters. The van der Waals surface area contributed by atoms with Crippen LogP contribution in [0.15, 0.2) is 18.2 Å². The van der Waals surface area contributed by atoms with E-state index in [2.05, 4.69) is 6.92 Å². The maximum atomic E-state index is 6.07. The summed E-state index contributed by atoms with van der Waals surface area (Å²) in [6.07, 6.45) is 4.52. The van der Waals surface area contributed by atoms with E-state index in [9.17, 15) is 0 Å². The van der Waals surface area contributed by atoms with E-state index in [1.165, 1.54) is 12.8 Å². The Balaban J connectivity index is 2.64. The minimum absolute atomic E-state index is 0.00255.